The zero-order valence-corrected chi connectivity index (χ0v) is 21.8. The highest BCUT2D eigenvalue weighted by Crippen LogP contribution is 2.24. The van der Waals surface area contributed by atoms with Crippen LogP contribution in [0.25, 0.3) is 0 Å². The normalized spacial score (nSPS) is 14.3. The minimum atomic E-state index is -0.764. The molecule has 1 aliphatic heterocycles. The number of piperazine rings is 1. The molecule has 0 bridgehead atoms. The van der Waals surface area contributed by atoms with Crippen LogP contribution in [0, 0.1) is 31.5 Å². The third-order valence-corrected chi connectivity index (χ3v) is 6.24. The largest absolute Gasteiger partial charge is 0.337 e. The van der Waals surface area contributed by atoms with E-state index in [4.69, 9.17) is 0 Å². The van der Waals surface area contributed by atoms with Crippen LogP contribution in [-0.2, 0) is 11.3 Å². The van der Waals surface area contributed by atoms with Gasteiger partial charge in [-0.25, -0.2) is 4.39 Å². The molecule has 2 amide bonds. The van der Waals surface area contributed by atoms with E-state index in [-0.39, 0.29) is 22.7 Å². The molecular formula is C26H32FN5O6. The fraction of sp³-hybridized carbons (Fsp3) is 0.462. The lowest BCUT2D eigenvalue weighted by Crippen LogP contribution is -2.50. The molecule has 2 aromatic carbocycles. The zero-order valence-electron chi connectivity index (χ0n) is 21.8. The van der Waals surface area contributed by atoms with Crippen LogP contribution >= 0.6 is 0 Å². The van der Waals surface area contributed by atoms with Gasteiger partial charge < -0.3 is 9.80 Å². The lowest BCUT2D eigenvalue weighted by Gasteiger charge is -2.36. The smallest absolute Gasteiger partial charge is 0.277 e. The molecule has 0 unspecified atom stereocenters. The van der Waals surface area contributed by atoms with E-state index in [9.17, 15) is 34.2 Å². The molecule has 1 heterocycles. The van der Waals surface area contributed by atoms with E-state index in [2.05, 4.69) is 4.90 Å². The fourth-order valence-corrected chi connectivity index (χ4v) is 4.22. The molecule has 12 heteroatoms. The number of carbonyl (C=O) groups is 2. The van der Waals surface area contributed by atoms with Crippen LogP contribution in [0.15, 0.2) is 42.5 Å². The van der Waals surface area contributed by atoms with Gasteiger partial charge in [0.25, 0.3) is 17.3 Å². The van der Waals surface area contributed by atoms with Crippen molar-refractivity contribution in [3.8, 4) is 0 Å². The summed E-state index contributed by atoms with van der Waals surface area (Å²) < 4.78 is 13.3. The summed E-state index contributed by atoms with van der Waals surface area (Å²) in [7, 11) is 0. The summed E-state index contributed by atoms with van der Waals surface area (Å²) in [5.41, 5.74) is -0.483. The van der Waals surface area contributed by atoms with E-state index in [0.29, 0.717) is 52.2 Å². The van der Waals surface area contributed by atoms with Crippen molar-refractivity contribution in [2.45, 2.75) is 33.7 Å². The highest BCUT2D eigenvalue weighted by molar-refractivity contribution is 5.95. The summed E-state index contributed by atoms with van der Waals surface area (Å²) in [6.45, 7) is 9.07. The molecule has 0 radical (unpaired) electrons. The Bertz CT molecular complexity index is 1160. The number of hydrogen-bond donors (Lipinski definition) is 0. The molecule has 0 spiro atoms. The minimum Gasteiger partial charge on any atom is -0.337 e. The van der Waals surface area contributed by atoms with Crippen molar-refractivity contribution >= 4 is 23.2 Å². The van der Waals surface area contributed by atoms with Gasteiger partial charge in [-0.2, -0.15) is 0 Å². The van der Waals surface area contributed by atoms with Crippen LogP contribution in [0.2, 0.25) is 0 Å². The molecule has 3 rings (SSSR count). The fourth-order valence-electron chi connectivity index (χ4n) is 4.22. The first-order chi connectivity index (χ1) is 17.8. The lowest BCUT2D eigenvalue weighted by molar-refractivity contribution is -0.394. The maximum absolute atomic E-state index is 13.3. The van der Waals surface area contributed by atoms with E-state index < -0.39 is 27.1 Å². The van der Waals surface area contributed by atoms with Crippen LogP contribution in [0.4, 0.5) is 15.8 Å². The quantitative estimate of drug-likeness (QED) is 0.356. The Kier molecular flexibility index (Phi) is 9.10. The topological polar surface area (TPSA) is 130 Å². The van der Waals surface area contributed by atoms with Gasteiger partial charge in [-0.1, -0.05) is 32.9 Å². The molecule has 1 aliphatic rings. The van der Waals surface area contributed by atoms with Gasteiger partial charge in [0, 0.05) is 64.4 Å². The van der Waals surface area contributed by atoms with Crippen LogP contribution < -0.4 is 0 Å². The molecule has 11 nitrogen and oxygen atoms in total. The second kappa shape index (κ2) is 12.1. The van der Waals surface area contributed by atoms with Crippen molar-refractivity contribution in [3.63, 3.8) is 0 Å². The standard InChI is InChI=1S/C26H32FN5O6/c1-26(2,3)17-24(33)30(18-19-4-6-21(27)7-5-19)13-10-28-8-11-29(12-9-28)25(34)20-14-22(31(35)36)16-23(15-20)32(37)38/h4-7,14-16H,8-13,17-18H2,1-3H3. The Balaban J connectivity index is 1.62. The summed E-state index contributed by atoms with van der Waals surface area (Å²) in [5, 5.41) is 22.3. The molecule has 0 atom stereocenters. The number of carbonyl (C=O) groups excluding carboxylic acids is 2. The van der Waals surface area contributed by atoms with Crippen molar-refractivity contribution in [3.05, 3.63) is 79.6 Å². The molecule has 0 saturated carbocycles. The molecule has 204 valence electrons. The van der Waals surface area contributed by atoms with Gasteiger partial charge in [-0.15, -0.1) is 0 Å². The van der Waals surface area contributed by atoms with E-state index in [1.807, 2.05) is 20.8 Å². The zero-order chi connectivity index (χ0) is 28.0. The van der Waals surface area contributed by atoms with Gasteiger partial charge in [-0.3, -0.25) is 34.7 Å². The highest BCUT2D eigenvalue weighted by Gasteiger charge is 2.27. The number of nitro groups is 2. The molecule has 0 aliphatic carbocycles. The van der Waals surface area contributed by atoms with Crippen molar-refractivity contribution in [1.82, 2.24) is 14.7 Å². The predicted octanol–water partition coefficient (Wildman–Crippen LogP) is 3.86. The third kappa shape index (κ3) is 8.04. The molecule has 38 heavy (non-hydrogen) atoms. The number of benzene rings is 2. The average Bonchev–Trinajstić information content (AvgIpc) is 2.86. The average molecular weight is 530 g/mol. The van der Waals surface area contributed by atoms with E-state index in [0.717, 1.165) is 23.8 Å². The second-order valence-electron chi connectivity index (χ2n) is 10.6. The van der Waals surface area contributed by atoms with E-state index >= 15 is 0 Å². The predicted molar refractivity (Wildman–Crippen MR) is 138 cm³/mol. The Hall–Kier alpha value is -3.93. The van der Waals surface area contributed by atoms with E-state index in [1.165, 1.54) is 17.0 Å². The number of amides is 2. The molecular weight excluding hydrogens is 497 g/mol. The highest BCUT2D eigenvalue weighted by atomic mass is 19.1. The number of hydrogen-bond acceptors (Lipinski definition) is 7. The number of rotatable bonds is 9. The molecule has 2 aromatic rings. The van der Waals surface area contributed by atoms with Crippen LogP contribution in [0.1, 0.15) is 43.1 Å². The number of halogens is 1. The summed E-state index contributed by atoms with van der Waals surface area (Å²) >= 11 is 0. The maximum Gasteiger partial charge on any atom is 0.277 e. The van der Waals surface area contributed by atoms with Crippen molar-refractivity contribution in [1.29, 1.82) is 0 Å². The Morgan fingerprint density at radius 1 is 0.947 bits per heavy atom. The first-order valence-corrected chi connectivity index (χ1v) is 12.3. The van der Waals surface area contributed by atoms with Gasteiger partial charge in [-0.05, 0) is 23.1 Å². The SMILES string of the molecule is CC(C)(C)CC(=O)N(CCN1CCN(C(=O)c2cc([N+](=O)[O-])cc([N+](=O)[O-])c2)CC1)Cc1ccc(F)cc1. The summed E-state index contributed by atoms with van der Waals surface area (Å²) in [6, 6.07) is 8.99. The van der Waals surface area contributed by atoms with E-state index in [1.54, 1.807) is 17.0 Å². The molecule has 0 N–H and O–H groups in total. The summed E-state index contributed by atoms with van der Waals surface area (Å²) in [5.74, 6) is -0.842. The van der Waals surface area contributed by atoms with Gasteiger partial charge in [0.2, 0.25) is 5.91 Å². The summed E-state index contributed by atoms with van der Waals surface area (Å²) in [6.07, 6.45) is 0.367. The van der Waals surface area contributed by atoms with Crippen LogP contribution in [0.5, 0.6) is 0 Å². The first-order valence-electron chi connectivity index (χ1n) is 12.3. The number of nitrogens with zero attached hydrogens (tertiary/aromatic N) is 5. The van der Waals surface area contributed by atoms with Gasteiger partial charge in [0.15, 0.2) is 0 Å². The van der Waals surface area contributed by atoms with Gasteiger partial charge >= 0.3 is 0 Å². The molecule has 0 aromatic heterocycles. The Morgan fingerprint density at radius 2 is 1.50 bits per heavy atom. The summed E-state index contributed by atoms with van der Waals surface area (Å²) in [4.78, 5) is 52.2. The first kappa shape index (κ1) is 28.6. The third-order valence-electron chi connectivity index (χ3n) is 6.24. The van der Waals surface area contributed by atoms with Crippen molar-refractivity contribution in [2.24, 2.45) is 5.41 Å². The monoisotopic (exact) mass is 529 g/mol. The van der Waals surface area contributed by atoms with Gasteiger partial charge in [0.05, 0.1) is 21.5 Å². The van der Waals surface area contributed by atoms with Crippen LogP contribution in [0.3, 0.4) is 0 Å². The van der Waals surface area contributed by atoms with Crippen molar-refractivity contribution < 1.29 is 23.8 Å². The second-order valence-corrected chi connectivity index (χ2v) is 10.6. The Morgan fingerprint density at radius 3 is 2.00 bits per heavy atom. The number of non-ortho nitro benzene ring substituents is 2. The number of nitro benzene ring substituents is 2. The maximum atomic E-state index is 13.3. The molecule has 1 fully saturated rings. The van der Waals surface area contributed by atoms with Gasteiger partial charge in [0.1, 0.15) is 5.82 Å². The minimum absolute atomic E-state index is 0.00269. The Labute approximate surface area is 220 Å². The molecule has 1 saturated heterocycles. The van der Waals surface area contributed by atoms with Crippen molar-refractivity contribution in [2.75, 3.05) is 39.3 Å². The van der Waals surface area contributed by atoms with Crippen LogP contribution in [-0.4, -0.2) is 75.6 Å². The lowest BCUT2D eigenvalue weighted by atomic mass is 9.91.